The molecule has 2 aromatic rings. The number of hydrogen-bond donors (Lipinski definition) is 2. The third-order valence-corrected chi connectivity index (χ3v) is 5.36. The average Bonchev–Trinajstić information content (AvgIpc) is 2.74. The van der Waals surface area contributed by atoms with Crippen molar-refractivity contribution < 1.29 is 19.1 Å². The second kappa shape index (κ2) is 10.4. The van der Waals surface area contributed by atoms with Crippen molar-refractivity contribution in [1.29, 1.82) is 0 Å². The molecule has 30 heavy (non-hydrogen) atoms. The maximum Gasteiger partial charge on any atom is 0.226 e. The zero-order valence-corrected chi connectivity index (χ0v) is 18.7. The van der Waals surface area contributed by atoms with Crippen LogP contribution in [-0.2, 0) is 14.3 Å². The van der Waals surface area contributed by atoms with Crippen LogP contribution < -0.4 is 20.3 Å². The van der Waals surface area contributed by atoms with E-state index >= 15 is 0 Å². The number of methoxy groups -OCH3 is 1. The number of nitrogens with zero attached hydrogens (tertiary/aromatic N) is 1. The molecule has 1 aliphatic heterocycles. The van der Waals surface area contributed by atoms with Gasteiger partial charge in [-0.2, -0.15) is 0 Å². The molecule has 1 saturated heterocycles. The van der Waals surface area contributed by atoms with Crippen LogP contribution in [0, 0.1) is 0 Å². The number of nitrogens with one attached hydrogen (secondary N) is 2. The summed E-state index contributed by atoms with van der Waals surface area (Å²) in [7, 11) is 1.60. The van der Waals surface area contributed by atoms with Gasteiger partial charge in [0.2, 0.25) is 11.8 Å². The number of morpholine rings is 1. The summed E-state index contributed by atoms with van der Waals surface area (Å²) in [5.74, 6) is 0.339. The van der Waals surface area contributed by atoms with E-state index in [1.54, 1.807) is 7.11 Å². The molecule has 2 amide bonds. The van der Waals surface area contributed by atoms with E-state index in [1.807, 2.05) is 42.5 Å². The summed E-state index contributed by atoms with van der Waals surface area (Å²) in [6.45, 7) is 4.30. The fraction of sp³-hybridized carbons (Fsp3) is 0.364. The summed E-state index contributed by atoms with van der Waals surface area (Å²) in [5, 5.41) is 5.88. The molecule has 160 valence electrons. The normalized spacial score (nSPS) is 14.7. The van der Waals surface area contributed by atoms with Gasteiger partial charge in [-0.3, -0.25) is 9.59 Å². The van der Waals surface area contributed by atoms with E-state index in [-0.39, 0.29) is 18.2 Å². The highest BCUT2D eigenvalue weighted by molar-refractivity contribution is 9.10. The van der Waals surface area contributed by atoms with Gasteiger partial charge in [-0.15, -0.1) is 0 Å². The van der Waals surface area contributed by atoms with Crippen LogP contribution in [0.25, 0.3) is 0 Å². The molecule has 7 nitrogen and oxygen atoms in total. The molecule has 0 saturated carbocycles. The van der Waals surface area contributed by atoms with Gasteiger partial charge in [0.25, 0.3) is 0 Å². The highest BCUT2D eigenvalue weighted by Gasteiger charge is 2.20. The minimum absolute atomic E-state index is 0.112. The fourth-order valence-corrected chi connectivity index (χ4v) is 3.77. The van der Waals surface area contributed by atoms with E-state index in [0.29, 0.717) is 19.0 Å². The minimum atomic E-state index is -0.438. The zero-order valence-electron chi connectivity index (χ0n) is 17.1. The SMILES string of the molecule is COc1ccc(C(CC(=O)Nc2cc(Br)ccc2N2CCOCC2)NC(C)=O)cc1. The second-order valence-electron chi connectivity index (χ2n) is 7.04. The molecule has 2 N–H and O–H groups in total. The van der Waals surface area contributed by atoms with Crippen LogP contribution >= 0.6 is 15.9 Å². The Bertz CT molecular complexity index is 882. The van der Waals surface area contributed by atoms with Crippen molar-refractivity contribution in [2.75, 3.05) is 43.6 Å². The molecular formula is C22H26BrN3O4. The van der Waals surface area contributed by atoms with Crippen molar-refractivity contribution in [2.24, 2.45) is 0 Å². The predicted molar refractivity (Wildman–Crippen MR) is 120 cm³/mol. The van der Waals surface area contributed by atoms with Gasteiger partial charge in [0.1, 0.15) is 5.75 Å². The molecule has 1 atom stereocenters. The van der Waals surface area contributed by atoms with E-state index in [9.17, 15) is 9.59 Å². The number of carbonyl (C=O) groups is 2. The molecule has 0 radical (unpaired) electrons. The number of amides is 2. The quantitative estimate of drug-likeness (QED) is 0.640. The summed E-state index contributed by atoms with van der Waals surface area (Å²) < 4.78 is 11.5. The number of ether oxygens (including phenoxy) is 2. The Morgan fingerprint density at radius 3 is 2.50 bits per heavy atom. The predicted octanol–water partition coefficient (Wildman–Crippen LogP) is 3.50. The van der Waals surface area contributed by atoms with E-state index in [0.717, 1.165) is 34.5 Å². The van der Waals surface area contributed by atoms with Crippen LogP contribution in [0.2, 0.25) is 0 Å². The van der Waals surface area contributed by atoms with Crippen LogP contribution in [0.4, 0.5) is 11.4 Å². The summed E-state index contributed by atoms with van der Waals surface area (Å²) in [5.41, 5.74) is 2.52. The number of benzene rings is 2. The number of halogens is 1. The number of anilines is 2. The number of rotatable bonds is 7. The van der Waals surface area contributed by atoms with Gasteiger partial charge in [-0.25, -0.2) is 0 Å². The Balaban J connectivity index is 1.76. The summed E-state index contributed by atoms with van der Waals surface area (Å²) in [4.78, 5) is 26.8. The van der Waals surface area contributed by atoms with Crippen LogP contribution in [0.1, 0.15) is 24.9 Å². The molecular weight excluding hydrogens is 450 g/mol. The molecule has 2 aromatic carbocycles. The molecule has 0 spiro atoms. The third-order valence-electron chi connectivity index (χ3n) is 4.87. The van der Waals surface area contributed by atoms with Crippen molar-refractivity contribution in [2.45, 2.75) is 19.4 Å². The second-order valence-corrected chi connectivity index (χ2v) is 7.96. The highest BCUT2D eigenvalue weighted by atomic mass is 79.9. The van der Waals surface area contributed by atoms with Crippen LogP contribution in [0.3, 0.4) is 0 Å². The molecule has 1 aliphatic rings. The first-order valence-corrected chi connectivity index (χ1v) is 10.6. The smallest absolute Gasteiger partial charge is 0.226 e. The van der Waals surface area contributed by atoms with Gasteiger partial charge in [-0.05, 0) is 35.9 Å². The lowest BCUT2D eigenvalue weighted by atomic mass is 10.0. The van der Waals surface area contributed by atoms with Crippen LogP contribution in [0.5, 0.6) is 5.75 Å². The Hall–Kier alpha value is -2.58. The Labute approximate surface area is 184 Å². The Morgan fingerprint density at radius 1 is 1.17 bits per heavy atom. The topological polar surface area (TPSA) is 79.9 Å². The lowest BCUT2D eigenvalue weighted by Gasteiger charge is -2.30. The summed E-state index contributed by atoms with van der Waals surface area (Å²) in [6, 6.07) is 12.7. The third kappa shape index (κ3) is 5.96. The monoisotopic (exact) mass is 475 g/mol. The van der Waals surface area contributed by atoms with E-state index < -0.39 is 6.04 Å². The molecule has 3 rings (SSSR count). The molecule has 0 aromatic heterocycles. The van der Waals surface area contributed by atoms with Gasteiger partial charge in [0.05, 0.1) is 44.2 Å². The fourth-order valence-electron chi connectivity index (χ4n) is 3.41. The first-order valence-electron chi connectivity index (χ1n) is 9.79. The van der Waals surface area contributed by atoms with E-state index in [2.05, 4.69) is 31.5 Å². The van der Waals surface area contributed by atoms with Crippen molar-refractivity contribution in [1.82, 2.24) is 5.32 Å². The minimum Gasteiger partial charge on any atom is -0.497 e. The van der Waals surface area contributed by atoms with Gasteiger partial charge in [-0.1, -0.05) is 28.1 Å². The molecule has 8 heteroatoms. The lowest BCUT2D eigenvalue weighted by Crippen LogP contribution is -2.37. The molecule has 1 heterocycles. The van der Waals surface area contributed by atoms with Gasteiger partial charge in [0, 0.05) is 24.5 Å². The van der Waals surface area contributed by atoms with E-state index in [1.165, 1.54) is 6.92 Å². The largest absolute Gasteiger partial charge is 0.497 e. The highest BCUT2D eigenvalue weighted by Crippen LogP contribution is 2.31. The van der Waals surface area contributed by atoms with E-state index in [4.69, 9.17) is 9.47 Å². The molecule has 1 fully saturated rings. The average molecular weight is 476 g/mol. The van der Waals surface area contributed by atoms with Crippen molar-refractivity contribution >= 4 is 39.1 Å². The summed E-state index contributed by atoms with van der Waals surface area (Å²) in [6.07, 6.45) is 0.112. The summed E-state index contributed by atoms with van der Waals surface area (Å²) >= 11 is 3.48. The van der Waals surface area contributed by atoms with Crippen LogP contribution in [0.15, 0.2) is 46.9 Å². The maximum atomic E-state index is 12.9. The first-order chi connectivity index (χ1) is 14.5. The Morgan fingerprint density at radius 2 is 1.87 bits per heavy atom. The Kier molecular flexibility index (Phi) is 7.70. The van der Waals surface area contributed by atoms with Gasteiger partial charge in [0.15, 0.2) is 0 Å². The zero-order chi connectivity index (χ0) is 21.5. The molecule has 0 bridgehead atoms. The maximum absolute atomic E-state index is 12.9. The van der Waals surface area contributed by atoms with Crippen molar-refractivity contribution in [3.63, 3.8) is 0 Å². The number of carbonyl (C=O) groups excluding carboxylic acids is 2. The standard InChI is InChI=1S/C22H26BrN3O4/c1-15(27)24-19(16-3-6-18(29-2)7-4-16)14-22(28)25-20-13-17(23)5-8-21(20)26-9-11-30-12-10-26/h3-8,13,19H,9-12,14H2,1-2H3,(H,24,27)(H,25,28). The molecule has 1 unspecified atom stereocenters. The molecule has 0 aliphatic carbocycles. The lowest BCUT2D eigenvalue weighted by molar-refractivity contribution is -0.120. The van der Waals surface area contributed by atoms with Crippen molar-refractivity contribution in [3.8, 4) is 5.75 Å². The van der Waals surface area contributed by atoms with Gasteiger partial charge >= 0.3 is 0 Å². The van der Waals surface area contributed by atoms with Crippen LogP contribution in [-0.4, -0.2) is 45.2 Å². The first kappa shape index (κ1) is 22.1. The van der Waals surface area contributed by atoms with Gasteiger partial charge < -0.3 is 25.0 Å². The van der Waals surface area contributed by atoms with Crippen molar-refractivity contribution in [3.05, 3.63) is 52.5 Å². The number of hydrogen-bond acceptors (Lipinski definition) is 5.